The number of pyridine rings is 1. The first-order valence-corrected chi connectivity index (χ1v) is 17.0. The standard InChI is InChI=1S/C38H45N7O5/c1-23-27(9-6-11-29(23)40-35(47)32-15-14-25(20-39-32)21-44-18-16-26(46)22-44)28-10-7-12-30(24(28)2)41-36(48)33-19-34-31(13-8-17-45(34)43-33)42-38(3,4)37(49)50-5/h6-7,9-12,14-15,19-20,26,31,42,46H,8,13,16-18,21-22H2,1-5H3,(H,40,47)(H,41,48)/t26-,31?/m1/s1. The van der Waals surface area contributed by atoms with Crippen LogP contribution >= 0.6 is 0 Å². The van der Waals surface area contributed by atoms with Crippen molar-refractivity contribution in [2.45, 2.75) is 77.7 Å². The van der Waals surface area contributed by atoms with Gasteiger partial charge in [0.2, 0.25) is 0 Å². The molecule has 0 spiro atoms. The van der Waals surface area contributed by atoms with E-state index in [4.69, 9.17) is 4.74 Å². The smallest absolute Gasteiger partial charge is 0.325 e. The van der Waals surface area contributed by atoms with Crippen molar-refractivity contribution < 1.29 is 24.2 Å². The highest BCUT2D eigenvalue weighted by atomic mass is 16.5. The molecule has 12 heteroatoms. The molecule has 2 aromatic carbocycles. The Morgan fingerprint density at radius 2 is 1.58 bits per heavy atom. The zero-order valence-corrected chi connectivity index (χ0v) is 29.2. The minimum atomic E-state index is -0.897. The molecular formula is C38H45N7O5. The SMILES string of the molecule is COC(=O)C(C)(C)NC1CCCn2nc(C(=O)Nc3cccc(-c4cccc(NC(=O)c5ccc(CN6CC[C@@H](O)C6)cn5)c4C)c3C)cc21. The number of aliphatic hydroxyl groups excluding tert-OH is 1. The predicted molar refractivity (Wildman–Crippen MR) is 191 cm³/mol. The maximum atomic E-state index is 13.5. The molecule has 2 aliphatic heterocycles. The largest absolute Gasteiger partial charge is 0.468 e. The number of amides is 2. The maximum Gasteiger partial charge on any atom is 0.325 e. The topological polar surface area (TPSA) is 151 Å². The van der Waals surface area contributed by atoms with Gasteiger partial charge in [-0.3, -0.25) is 34.3 Å². The van der Waals surface area contributed by atoms with E-state index in [0.717, 1.165) is 59.3 Å². The predicted octanol–water partition coefficient (Wildman–Crippen LogP) is 5.01. The molecule has 4 N–H and O–H groups in total. The van der Waals surface area contributed by atoms with E-state index in [2.05, 4.69) is 30.9 Å². The Balaban J connectivity index is 1.15. The molecule has 2 amide bonds. The molecule has 12 nitrogen and oxygen atoms in total. The second-order valence-corrected chi connectivity index (χ2v) is 13.7. The fraction of sp³-hybridized carbons (Fsp3) is 0.395. The number of nitrogens with one attached hydrogen (secondary N) is 3. The van der Waals surface area contributed by atoms with Crippen LogP contribution in [-0.2, 0) is 22.6 Å². The molecule has 0 aliphatic carbocycles. The Kier molecular flexibility index (Phi) is 10.1. The molecule has 1 fully saturated rings. The average molecular weight is 680 g/mol. The van der Waals surface area contributed by atoms with Gasteiger partial charge in [0.1, 0.15) is 11.2 Å². The van der Waals surface area contributed by atoms with E-state index in [1.54, 1.807) is 32.2 Å². The maximum absolute atomic E-state index is 13.5. The van der Waals surface area contributed by atoms with Crippen LogP contribution in [0.1, 0.15) is 82.5 Å². The first kappa shape index (κ1) is 34.9. The molecule has 1 saturated heterocycles. The molecule has 2 aromatic heterocycles. The lowest BCUT2D eigenvalue weighted by atomic mass is 9.94. The Labute approximate surface area is 292 Å². The number of aryl methyl sites for hydroxylation is 1. The van der Waals surface area contributed by atoms with Crippen molar-refractivity contribution in [1.29, 1.82) is 0 Å². The van der Waals surface area contributed by atoms with E-state index in [9.17, 15) is 19.5 Å². The minimum absolute atomic E-state index is 0.154. The summed E-state index contributed by atoms with van der Waals surface area (Å²) >= 11 is 0. The second-order valence-electron chi connectivity index (χ2n) is 13.7. The first-order valence-electron chi connectivity index (χ1n) is 17.0. The number of fused-ring (bicyclic) bond motifs is 1. The zero-order valence-electron chi connectivity index (χ0n) is 29.2. The quantitative estimate of drug-likeness (QED) is 0.170. The van der Waals surface area contributed by atoms with E-state index in [-0.39, 0.29) is 29.9 Å². The summed E-state index contributed by atoms with van der Waals surface area (Å²) in [5.74, 6) is -0.989. The summed E-state index contributed by atoms with van der Waals surface area (Å²) in [7, 11) is 1.37. The van der Waals surface area contributed by atoms with Crippen molar-refractivity contribution in [3.8, 4) is 11.1 Å². The molecule has 2 atom stereocenters. The fourth-order valence-corrected chi connectivity index (χ4v) is 6.86. The van der Waals surface area contributed by atoms with Gasteiger partial charge in [-0.2, -0.15) is 5.10 Å². The number of hydrogen-bond acceptors (Lipinski definition) is 9. The molecule has 0 saturated carbocycles. The minimum Gasteiger partial charge on any atom is -0.468 e. The van der Waals surface area contributed by atoms with E-state index < -0.39 is 5.54 Å². The summed E-state index contributed by atoms with van der Waals surface area (Å²) in [6.45, 7) is 10.3. The molecule has 262 valence electrons. The van der Waals surface area contributed by atoms with Gasteiger partial charge in [-0.25, -0.2) is 0 Å². The number of benzene rings is 2. The van der Waals surface area contributed by atoms with Gasteiger partial charge in [-0.15, -0.1) is 0 Å². The van der Waals surface area contributed by atoms with Crippen LogP contribution in [0.4, 0.5) is 11.4 Å². The van der Waals surface area contributed by atoms with Crippen molar-refractivity contribution in [3.63, 3.8) is 0 Å². The third-order valence-corrected chi connectivity index (χ3v) is 9.66. The van der Waals surface area contributed by atoms with E-state index >= 15 is 0 Å². The number of carbonyl (C=O) groups is 3. The summed E-state index contributed by atoms with van der Waals surface area (Å²) < 4.78 is 6.80. The molecular weight excluding hydrogens is 634 g/mol. The van der Waals surface area contributed by atoms with Crippen LogP contribution in [0.5, 0.6) is 0 Å². The lowest BCUT2D eigenvalue weighted by Crippen LogP contribution is -2.50. The highest BCUT2D eigenvalue weighted by Gasteiger charge is 2.34. The van der Waals surface area contributed by atoms with Crippen LogP contribution < -0.4 is 16.0 Å². The number of likely N-dealkylation sites (tertiary alicyclic amines) is 1. The van der Waals surface area contributed by atoms with Gasteiger partial charge in [0.15, 0.2) is 5.69 Å². The number of aromatic nitrogens is 3. The van der Waals surface area contributed by atoms with Crippen molar-refractivity contribution in [3.05, 3.63) is 94.6 Å². The van der Waals surface area contributed by atoms with Gasteiger partial charge in [0, 0.05) is 43.8 Å². The van der Waals surface area contributed by atoms with Gasteiger partial charge in [-0.1, -0.05) is 30.3 Å². The van der Waals surface area contributed by atoms with Gasteiger partial charge >= 0.3 is 5.97 Å². The van der Waals surface area contributed by atoms with Gasteiger partial charge in [-0.05, 0) is 99.0 Å². The first-order chi connectivity index (χ1) is 23.9. The third kappa shape index (κ3) is 7.47. The number of β-amino-alcohol motifs (C(OH)–C–C–N with tert-alkyl or cyclic N) is 1. The number of hydrogen-bond donors (Lipinski definition) is 4. The number of rotatable bonds is 10. The molecule has 0 bridgehead atoms. The zero-order chi connectivity index (χ0) is 35.6. The van der Waals surface area contributed by atoms with Crippen molar-refractivity contribution in [2.24, 2.45) is 0 Å². The number of ether oxygens (including phenoxy) is 1. The second kappa shape index (κ2) is 14.5. The van der Waals surface area contributed by atoms with Crippen molar-refractivity contribution >= 4 is 29.2 Å². The number of aliphatic hydroxyl groups is 1. The normalized spacial score (nSPS) is 17.6. The summed E-state index contributed by atoms with van der Waals surface area (Å²) in [4.78, 5) is 45.6. The van der Waals surface area contributed by atoms with Crippen LogP contribution in [-0.4, -0.2) is 74.4 Å². The van der Waals surface area contributed by atoms with Crippen LogP contribution in [0, 0.1) is 13.8 Å². The molecule has 1 unspecified atom stereocenters. The molecule has 2 aliphatic rings. The monoisotopic (exact) mass is 679 g/mol. The molecule has 6 rings (SSSR count). The van der Waals surface area contributed by atoms with Crippen molar-refractivity contribution in [1.82, 2.24) is 25.0 Å². The molecule has 4 aromatic rings. The third-order valence-electron chi connectivity index (χ3n) is 9.66. The number of nitrogens with zero attached hydrogens (tertiary/aromatic N) is 4. The summed E-state index contributed by atoms with van der Waals surface area (Å²) in [6.07, 6.45) is 3.87. The highest BCUT2D eigenvalue weighted by molar-refractivity contribution is 6.05. The Hall–Kier alpha value is -4.91. The van der Waals surface area contributed by atoms with E-state index in [1.165, 1.54) is 7.11 Å². The number of anilines is 2. The van der Waals surface area contributed by atoms with E-state index in [0.29, 0.717) is 42.4 Å². The van der Waals surface area contributed by atoms with E-state index in [1.807, 2.05) is 61.0 Å². The van der Waals surface area contributed by atoms with Crippen LogP contribution in [0.25, 0.3) is 11.1 Å². The molecule has 0 radical (unpaired) electrons. The lowest BCUT2D eigenvalue weighted by molar-refractivity contribution is -0.147. The summed E-state index contributed by atoms with van der Waals surface area (Å²) in [5, 5.41) is 23.8. The fourth-order valence-electron chi connectivity index (χ4n) is 6.86. The van der Waals surface area contributed by atoms with Crippen LogP contribution in [0.15, 0.2) is 60.8 Å². The van der Waals surface area contributed by atoms with Gasteiger partial charge < -0.3 is 20.5 Å². The van der Waals surface area contributed by atoms with Gasteiger partial charge in [0.05, 0.1) is 24.9 Å². The van der Waals surface area contributed by atoms with Gasteiger partial charge in [0.25, 0.3) is 11.8 Å². The number of methoxy groups -OCH3 is 1. The summed E-state index contributed by atoms with van der Waals surface area (Å²) in [6, 6.07) is 16.8. The molecule has 50 heavy (non-hydrogen) atoms. The lowest BCUT2D eigenvalue weighted by Gasteiger charge is -2.32. The highest BCUT2D eigenvalue weighted by Crippen LogP contribution is 2.34. The Morgan fingerprint density at radius 1 is 0.920 bits per heavy atom. The Morgan fingerprint density at radius 3 is 2.16 bits per heavy atom. The number of carbonyl (C=O) groups excluding carboxylic acids is 3. The van der Waals surface area contributed by atoms with Crippen molar-refractivity contribution in [2.75, 3.05) is 30.8 Å². The summed E-state index contributed by atoms with van der Waals surface area (Å²) in [5.41, 5.74) is 6.48. The number of esters is 1. The average Bonchev–Trinajstić information content (AvgIpc) is 3.73. The Bertz CT molecular complexity index is 1900. The van der Waals surface area contributed by atoms with Crippen LogP contribution in [0.2, 0.25) is 0 Å². The van der Waals surface area contributed by atoms with Crippen LogP contribution in [0.3, 0.4) is 0 Å². The molecule has 4 heterocycles.